The van der Waals surface area contributed by atoms with Crippen LogP contribution < -0.4 is 0 Å². The quantitative estimate of drug-likeness (QED) is 0.824. The maximum atomic E-state index is 12.0. The highest BCUT2D eigenvalue weighted by atomic mass is 32.2. The van der Waals surface area contributed by atoms with Gasteiger partial charge in [-0.2, -0.15) is 9.57 Å². The lowest BCUT2D eigenvalue weighted by Gasteiger charge is -2.17. The van der Waals surface area contributed by atoms with E-state index in [1.165, 1.54) is 6.07 Å². The summed E-state index contributed by atoms with van der Waals surface area (Å²) in [7, 11) is -3.81. The van der Waals surface area contributed by atoms with Crippen LogP contribution in [-0.2, 0) is 14.8 Å². The van der Waals surface area contributed by atoms with Crippen LogP contribution in [0, 0.1) is 11.3 Å². The summed E-state index contributed by atoms with van der Waals surface area (Å²) in [5.74, 6) is -1.25. The van der Waals surface area contributed by atoms with Crippen LogP contribution in [0.1, 0.15) is 6.42 Å². The van der Waals surface area contributed by atoms with Crippen molar-refractivity contribution in [2.45, 2.75) is 10.6 Å². The van der Waals surface area contributed by atoms with Crippen molar-refractivity contribution in [3.05, 3.63) is 17.5 Å². The Balaban J connectivity index is 2.97. The summed E-state index contributed by atoms with van der Waals surface area (Å²) >= 11 is 1.01. The first-order chi connectivity index (χ1) is 7.98. The van der Waals surface area contributed by atoms with Gasteiger partial charge in [-0.1, -0.05) is 6.07 Å². The zero-order chi connectivity index (χ0) is 12.9. The second-order valence-electron chi connectivity index (χ2n) is 3.07. The molecule has 8 heteroatoms. The minimum atomic E-state index is -3.81. The number of rotatable bonds is 6. The Bertz CT molecular complexity index is 516. The van der Waals surface area contributed by atoms with E-state index in [9.17, 15) is 13.2 Å². The molecular weight excluding hydrogens is 264 g/mol. The highest BCUT2D eigenvalue weighted by molar-refractivity contribution is 7.91. The van der Waals surface area contributed by atoms with Crippen molar-refractivity contribution in [3.63, 3.8) is 0 Å². The van der Waals surface area contributed by atoms with Gasteiger partial charge in [0, 0.05) is 13.0 Å². The molecule has 0 unspecified atom stereocenters. The van der Waals surface area contributed by atoms with E-state index >= 15 is 0 Å². The zero-order valence-corrected chi connectivity index (χ0v) is 10.4. The van der Waals surface area contributed by atoms with Crippen LogP contribution in [0.25, 0.3) is 0 Å². The number of carbonyl (C=O) groups is 1. The van der Waals surface area contributed by atoms with Gasteiger partial charge in [-0.05, 0) is 11.4 Å². The fourth-order valence-electron chi connectivity index (χ4n) is 1.15. The predicted octanol–water partition coefficient (Wildman–Crippen LogP) is 0.737. The van der Waals surface area contributed by atoms with Crippen LogP contribution in [0.3, 0.4) is 0 Å². The first-order valence-corrected chi connectivity index (χ1v) is 6.93. The molecule has 92 valence electrons. The standard InChI is InChI=1S/C9H10N2O4S2/c10-4-2-5-11(7-8(12)13)17(14,15)9-3-1-6-16-9/h1,3,6H,2,5,7H2,(H,12,13). The summed E-state index contributed by atoms with van der Waals surface area (Å²) in [6.45, 7) is -0.759. The molecule has 1 rings (SSSR count). The topological polar surface area (TPSA) is 98.5 Å². The van der Waals surface area contributed by atoms with Gasteiger partial charge in [0.05, 0.1) is 6.07 Å². The molecule has 1 aromatic heterocycles. The SMILES string of the molecule is N#CCCN(CC(=O)O)S(=O)(=O)c1cccs1. The lowest BCUT2D eigenvalue weighted by molar-refractivity contribution is -0.137. The van der Waals surface area contributed by atoms with Gasteiger partial charge in [0.1, 0.15) is 10.8 Å². The number of carboxylic acids is 1. The van der Waals surface area contributed by atoms with Gasteiger partial charge in [0.15, 0.2) is 0 Å². The van der Waals surface area contributed by atoms with Crippen molar-refractivity contribution in [2.75, 3.05) is 13.1 Å². The minimum Gasteiger partial charge on any atom is -0.480 e. The van der Waals surface area contributed by atoms with Crippen molar-refractivity contribution < 1.29 is 18.3 Å². The van der Waals surface area contributed by atoms with Gasteiger partial charge < -0.3 is 5.11 Å². The second kappa shape index (κ2) is 5.77. The number of hydrogen-bond donors (Lipinski definition) is 1. The molecule has 1 aromatic rings. The van der Waals surface area contributed by atoms with Crippen LogP contribution in [0.2, 0.25) is 0 Å². The molecule has 0 aromatic carbocycles. The van der Waals surface area contributed by atoms with Crippen molar-refractivity contribution in [2.24, 2.45) is 0 Å². The second-order valence-corrected chi connectivity index (χ2v) is 6.19. The largest absolute Gasteiger partial charge is 0.480 e. The molecule has 0 saturated heterocycles. The van der Waals surface area contributed by atoms with E-state index in [1.54, 1.807) is 17.5 Å². The highest BCUT2D eigenvalue weighted by Crippen LogP contribution is 2.20. The normalized spacial score (nSPS) is 11.3. The Morgan fingerprint density at radius 2 is 2.29 bits per heavy atom. The van der Waals surface area contributed by atoms with Crippen molar-refractivity contribution in [1.29, 1.82) is 5.26 Å². The fourth-order valence-corrected chi connectivity index (χ4v) is 3.68. The average Bonchev–Trinajstić information content (AvgIpc) is 2.77. The van der Waals surface area contributed by atoms with Crippen LogP contribution in [0.5, 0.6) is 0 Å². The number of sulfonamides is 1. The molecule has 0 aliphatic carbocycles. The van der Waals surface area contributed by atoms with Crippen LogP contribution >= 0.6 is 11.3 Å². The molecule has 1 N–H and O–H groups in total. The molecular formula is C9H10N2O4S2. The van der Waals surface area contributed by atoms with Crippen LogP contribution in [-0.4, -0.2) is 36.9 Å². The molecule has 0 aliphatic heterocycles. The smallest absolute Gasteiger partial charge is 0.318 e. The Kier molecular flexibility index (Phi) is 4.62. The number of aliphatic carboxylic acids is 1. The van der Waals surface area contributed by atoms with Gasteiger partial charge in [-0.25, -0.2) is 8.42 Å². The van der Waals surface area contributed by atoms with Gasteiger partial charge >= 0.3 is 5.97 Å². The lowest BCUT2D eigenvalue weighted by atomic mass is 10.4. The third kappa shape index (κ3) is 3.52. The van der Waals surface area contributed by atoms with E-state index in [-0.39, 0.29) is 17.2 Å². The van der Waals surface area contributed by atoms with Crippen LogP contribution in [0.4, 0.5) is 0 Å². The Labute approximate surface area is 103 Å². The van der Waals surface area contributed by atoms with E-state index in [0.717, 1.165) is 15.6 Å². The van der Waals surface area contributed by atoms with Gasteiger partial charge in [-0.15, -0.1) is 11.3 Å². The Morgan fingerprint density at radius 1 is 1.59 bits per heavy atom. The molecule has 0 aliphatic rings. The van der Waals surface area contributed by atoms with Gasteiger partial charge in [0.25, 0.3) is 10.0 Å². The molecule has 0 bridgehead atoms. The maximum Gasteiger partial charge on any atom is 0.318 e. The number of hydrogen-bond acceptors (Lipinski definition) is 5. The highest BCUT2D eigenvalue weighted by Gasteiger charge is 2.26. The van der Waals surface area contributed by atoms with E-state index < -0.39 is 22.5 Å². The molecule has 1 heterocycles. The van der Waals surface area contributed by atoms with Gasteiger partial charge in [0.2, 0.25) is 0 Å². The monoisotopic (exact) mass is 274 g/mol. The summed E-state index contributed by atoms with van der Waals surface area (Å²) in [4.78, 5) is 10.6. The molecule has 0 atom stereocenters. The van der Waals surface area contributed by atoms with E-state index in [4.69, 9.17) is 10.4 Å². The third-order valence-corrected chi connectivity index (χ3v) is 5.09. The summed E-state index contributed by atoms with van der Waals surface area (Å²) in [5, 5.41) is 18.7. The molecule has 17 heavy (non-hydrogen) atoms. The number of nitrogens with zero attached hydrogens (tertiary/aromatic N) is 2. The third-order valence-electron chi connectivity index (χ3n) is 1.87. The van der Waals surface area contributed by atoms with Gasteiger partial charge in [-0.3, -0.25) is 4.79 Å². The maximum absolute atomic E-state index is 12.0. The van der Waals surface area contributed by atoms with E-state index in [0.29, 0.717) is 0 Å². The van der Waals surface area contributed by atoms with Crippen molar-refractivity contribution >= 4 is 27.3 Å². The Hall–Kier alpha value is -1.43. The van der Waals surface area contributed by atoms with Crippen LogP contribution in [0.15, 0.2) is 21.7 Å². The predicted molar refractivity (Wildman–Crippen MR) is 60.9 cm³/mol. The molecule has 0 fully saturated rings. The molecule has 0 amide bonds. The fraction of sp³-hybridized carbons (Fsp3) is 0.333. The number of thiophene rings is 1. The molecule has 0 spiro atoms. The first kappa shape index (κ1) is 13.6. The lowest BCUT2D eigenvalue weighted by Crippen LogP contribution is -2.35. The van der Waals surface area contributed by atoms with E-state index in [1.807, 2.05) is 0 Å². The average molecular weight is 274 g/mol. The molecule has 0 saturated carbocycles. The first-order valence-electron chi connectivity index (χ1n) is 4.61. The molecule has 0 radical (unpaired) electrons. The molecule has 6 nitrogen and oxygen atoms in total. The Morgan fingerprint density at radius 3 is 2.76 bits per heavy atom. The summed E-state index contributed by atoms with van der Waals surface area (Å²) in [5.41, 5.74) is 0. The van der Waals surface area contributed by atoms with Crippen molar-refractivity contribution in [3.8, 4) is 6.07 Å². The van der Waals surface area contributed by atoms with E-state index in [2.05, 4.69) is 0 Å². The van der Waals surface area contributed by atoms with Crippen molar-refractivity contribution in [1.82, 2.24) is 4.31 Å². The zero-order valence-electron chi connectivity index (χ0n) is 8.74. The summed E-state index contributed by atoms with van der Waals surface area (Å²) in [6.07, 6.45) is -0.0438. The number of carboxylic acid groups (broad SMARTS) is 1. The summed E-state index contributed by atoms with van der Waals surface area (Å²) in [6, 6.07) is 4.77. The summed E-state index contributed by atoms with van der Waals surface area (Å²) < 4.78 is 24.9. The minimum absolute atomic E-state index is 0.0438. The number of nitriles is 1.